The van der Waals surface area contributed by atoms with Crippen LogP contribution in [0.3, 0.4) is 0 Å². The van der Waals surface area contributed by atoms with E-state index in [2.05, 4.69) is 20.9 Å². The zero-order chi connectivity index (χ0) is 20.3. The lowest BCUT2D eigenvalue weighted by atomic mass is 9.99. The van der Waals surface area contributed by atoms with Gasteiger partial charge in [-0.1, -0.05) is 5.92 Å². The van der Waals surface area contributed by atoms with Crippen LogP contribution in [-0.4, -0.2) is 62.4 Å². The topological polar surface area (TPSA) is 107 Å². The fourth-order valence-corrected chi connectivity index (χ4v) is 4.30. The summed E-state index contributed by atoms with van der Waals surface area (Å²) in [5, 5.41) is 0. The van der Waals surface area contributed by atoms with Gasteiger partial charge < -0.3 is 24.7 Å². The molecule has 10 heteroatoms. The molecule has 0 bridgehead atoms. The molecule has 7 atom stereocenters. The van der Waals surface area contributed by atoms with Gasteiger partial charge in [-0.15, -0.1) is 6.42 Å². The van der Waals surface area contributed by atoms with Crippen molar-refractivity contribution in [3.63, 3.8) is 0 Å². The van der Waals surface area contributed by atoms with Crippen molar-refractivity contribution in [3.05, 3.63) is 18.3 Å². The van der Waals surface area contributed by atoms with Crippen molar-refractivity contribution in [1.29, 1.82) is 0 Å². The molecule has 29 heavy (non-hydrogen) atoms. The molecule has 2 aromatic heterocycles. The maximum Gasteiger partial charge on any atom is 0.167 e. The molecular weight excluding hydrogens is 381 g/mol. The van der Waals surface area contributed by atoms with Crippen molar-refractivity contribution in [2.75, 3.05) is 6.61 Å². The summed E-state index contributed by atoms with van der Waals surface area (Å²) in [6, 6.07) is -0.521. The van der Waals surface area contributed by atoms with Crippen LogP contribution in [-0.2, 0) is 18.9 Å². The number of aromatic nitrogens is 4. The number of rotatable bonds is 2. The number of alkyl halides is 1. The van der Waals surface area contributed by atoms with Crippen molar-refractivity contribution in [1.82, 2.24) is 19.5 Å². The Morgan fingerprint density at radius 3 is 2.83 bits per heavy atom. The standard InChI is InChI=1S/C19H22FN5O4/c1-4-11-15-16(29-19(2,3)28-15)18(27-11)25-8-24-13-12(22-7-23-17(13)25)14-10(21)5-9(20)6-26-14/h1,7-11,14-16,18H,5-6,21H2,2-3H3/t9?,10?,11-,14?,15-,16-,18-/m1/s1. The van der Waals surface area contributed by atoms with Gasteiger partial charge in [0.15, 0.2) is 17.7 Å². The molecule has 3 unspecified atom stereocenters. The Labute approximate surface area is 166 Å². The number of hydrogen-bond donors (Lipinski definition) is 1. The summed E-state index contributed by atoms with van der Waals surface area (Å²) in [6.07, 6.45) is 5.29. The molecule has 0 spiro atoms. The first kappa shape index (κ1) is 18.8. The van der Waals surface area contributed by atoms with Gasteiger partial charge in [-0.25, -0.2) is 19.3 Å². The van der Waals surface area contributed by atoms with Crippen LogP contribution >= 0.6 is 0 Å². The molecule has 5 heterocycles. The number of fused-ring (bicyclic) bond motifs is 2. The van der Waals surface area contributed by atoms with Crippen molar-refractivity contribution in [2.24, 2.45) is 5.73 Å². The van der Waals surface area contributed by atoms with Crippen LogP contribution < -0.4 is 5.73 Å². The molecule has 0 amide bonds. The molecule has 3 fully saturated rings. The van der Waals surface area contributed by atoms with Crippen LogP contribution in [0.15, 0.2) is 12.7 Å². The van der Waals surface area contributed by atoms with E-state index in [1.165, 1.54) is 6.33 Å². The van der Waals surface area contributed by atoms with Gasteiger partial charge in [0, 0.05) is 6.04 Å². The van der Waals surface area contributed by atoms with E-state index in [1.807, 2.05) is 13.8 Å². The lowest BCUT2D eigenvalue weighted by molar-refractivity contribution is -0.190. The largest absolute Gasteiger partial charge is 0.367 e. The first-order valence-corrected chi connectivity index (χ1v) is 9.54. The van der Waals surface area contributed by atoms with Gasteiger partial charge in [0.25, 0.3) is 0 Å². The second-order valence-corrected chi connectivity index (χ2v) is 8.01. The molecule has 0 radical (unpaired) electrons. The number of nitrogens with zero attached hydrogens (tertiary/aromatic N) is 4. The zero-order valence-corrected chi connectivity index (χ0v) is 16.1. The minimum absolute atomic E-state index is 0.0236. The molecule has 0 aliphatic carbocycles. The van der Waals surface area contributed by atoms with Gasteiger partial charge in [-0.05, 0) is 20.3 Å². The van der Waals surface area contributed by atoms with E-state index >= 15 is 0 Å². The van der Waals surface area contributed by atoms with E-state index in [4.69, 9.17) is 31.1 Å². The molecule has 2 aromatic rings. The highest BCUT2D eigenvalue weighted by Crippen LogP contribution is 2.43. The van der Waals surface area contributed by atoms with Crippen LogP contribution in [0.2, 0.25) is 0 Å². The quantitative estimate of drug-likeness (QED) is 0.741. The monoisotopic (exact) mass is 403 g/mol. The third-order valence-electron chi connectivity index (χ3n) is 5.50. The Morgan fingerprint density at radius 1 is 1.28 bits per heavy atom. The molecule has 3 saturated heterocycles. The van der Waals surface area contributed by atoms with Crippen molar-refractivity contribution in [3.8, 4) is 12.3 Å². The van der Waals surface area contributed by atoms with E-state index in [0.717, 1.165) is 0 Å². The van der Waals surface area contributed by atoms with E-state index in [1.54, 1.807) is 10.9 Å². The molecule has 0 aromatic carbocycles. The molecule has 154 valence electrons. The Hall–Kier alpha value is -2.16. The molecule has 9 nitrogen and oxygen atoms in total. The normalized spacial score (nSPS) is 38.8. The number of nitrogens with two attached hydrogens (primary N) is 1. The van der Waals surface area contributed by atoms with Gasteiger partial charge in [0.1, 0.15) is 48.1 Å². The lowest BCUT2D eigenvalue weighted by Gasteiger charge is -2.30. The van der Waals surface area contributed by atoms with Crippen LogP contribution in [0.1, 0.15) is 38.3 Å². The number of terminal acetylenes is 1. The SMILES string of the molecule is C#C[C@H]1O[C@@H](n2cnc3c(C4OCC(F)CC4N)ncnc32)[C@@H]2OC(C)(C)O[C@@H]21. The minimum Gasteiger partial charge on any atom is -0.367 e. The molecular formula is C19H22FN5O4. The van der Waals surface area contributed by atoms with Gasteiger partial charge in [-0.3, -0.25) is 4.57 Å². The Balaban J connectivity index is 1.52. The van der Waals surface area contributed by atoms with Crippen molar-refractivity contribution in [2.45, 2.75) is 68.9 Å². The molecule has 0 saturated carbocycles. The predicted molar refractivity (Wildman–Crippen MR) is 98.1 cm³/mol. The van der Waals surface area contributed by atoms with E-state index < -0.39 is 48.6 Å². The van der Waals surface area contributed by atoms with Crippen molar-refractivity contribution < 1.29 is 23.3 Å². The maximum atomic E-state index is 13.6. The highest BCUT2D eigenvalue weighted by atomic mass is 19.1. The summed E-state index contributed by atoms with van der Waals surface area (Å²) in [4.78, 5) is 13.2. The molecule has 5 rings (SSSR count). The Morgan fingerprint density at radius 2 is 2.07 bits per heavy atom. The summed E-state index contributed by atoms with van der Waals surface area (Å²) in [5.41, 5.74) is 7.69. The van der Waals surface area contributed by atoms with Gasteiger partial charge in [-0.2, -0.15) is 0 Å². The Kier molecular flexibility index (Phi) is 4.34. The van der Waals surface area contributed by atoms with Crippen LogP contribution in [0.25, 0.3) is 11.2 Å². The number of ether oxygens (including phenoxy) is 4. The zero-order valence-electron chi connectivity index (χ0n) is 16.1. The summed E-state index contributed by atoms with van der Waals surface area (Å²) in [5.74, 6) is 1.85. The second kappa shape index (κ2) is 6.68. The summed E-state index contributed by atoms with van der Waals surface area (Å²) < 4.78 is 39.0. The lowest BCUT2D eigenvalue weighted by Crippen LogP contribution is -2.40. The third-order valence-corrected chi connectivity index (χ3v) is 5.50. The highest BCUT2D eigenvalue weighted by Gasteiger charge is 2.55. The first-order valence-electron chi connectivity index (χ1n) is 9.54. The van der Waals surface area contributed by atoms with Crippen LogP contribution in [0, 0.1) is 12.3 Å². The van der Waals surface area contributed by atoms with E-state index in [9.17, 15) is 4.39 Å². The fourth-order valence-electron chi connectivity index (χ4n) is 4.30. The van der Waals surface area contributed by atoms with E-state index in [-0.39, 0.29) is 13.0 Å². The Bertz CT molecular complexity index is 975. The molecule has 2 N–H and O–H groups in total. The maximum absolute atomic E-state index is 13.6. The summed E-state index contributed by atoms with van der Waals surface area (Å²) in [7, 11) is 0. The van der Waals surface area contributed by atoms with Gasteiger partial charge >= 0.3 is 0 Å². The van der Waals surface area contributed by atoms with Gasteiger partial charge in [0.05, 0.1) is 12.9 Å². The fraction of sp³-hybridized carbons (Fsp3) is 0.632. The smallest absolute Gasteiger partial charge is 0.167 e. The summed E-state index contributed by atoms with van der Waals surface area (Å²) in [6.45, 7) is 3.65. The predicted octanol–water partition coefficient (Wildman–Crippen LogP) is 1.00. The molecule has 3 aliphatic rings. The van der Waals surface area contributed by atoms with Crippen LogP contribution in [0.5, 0.6) is 0 Å². The third kappa shape index (κ3) is 3.01. The average Bonchev–Trinajstić information content (AvgIpc) is 3.32. The van der Waals surface area contributed by atoms with Crippen LogP contribution in [0.4, 0.5) is 4.39 Å². The summed E-state index contributed by atoms with van der Waals surface area (Å²) >= 11 is 0. The average molecular weight is 403 g/mol. The number of imidazole rings is 1. The highest BCUT2D eigenvalue weighted by molar-refractivity contribution is 5.73. The first-order chi connectivity index (χ1) is 13.9. The van der Waals surface area contributed by atoms with Gasteiger partial charge in [0.2, 0.25) is 0 Å². The van der Waals surface area contributed by atoms with E-state index in [0.29, 0.717) is 16.9 Å². The van der Waals surface area contributed by atoms with Crippen molar-refractivity contribution >= 4 is 11.2 Å². The minimum atomic E-state index is -1.08. The number of hydrogen-bond acceptors (Lipinski definition) is 8. The molecule has 3 aliphatic heterocycles. The second-order valence-electron chi connectivity index (χ2n) is 8.01. The number of halogens is 1.